The van der Waals surface area contributed by atoms with E-state index in [1.165, 1.54) is 12.7 Å². The number of nitrogens with zero attached hydrogens (tertiary/aromatic N) is 1. The monoisotopic (exact) mass is 574 g/mol. The number of hydrogen-bond donors (Lipinski definition) is 1. The molecule has 0 unspecified atom stereocenters. The second-order valence-electron chi connectivity index (χ2n) is 7.31. The molecule has 0 aliphatic rings. The highest BCUT2D eigenvalue weighted by molar-refractivity contribution is 14.1. The predicted octanol–water partition coefficient (Wildman–Crippen LogP) is 5.36. The average Bonchev–Trinajstić information content (AvgIpc) is 2.84. The van der Waals surface area contributed by atoms with E-state index in [1.54, 1.807) is 31.5 Å². The third-order valence-corrected chi connectivity index (χ3v) is 5.66. The summed E-state index contributed by atoms with van der Waals surface area (Å²) in [6.45, 7) is 4.87. The van der Waals surface area contributed by atoms with Crippen molar-refractivity contribution < 1.29 is 23.7 Å². The van der Waals surface area contributed by atoms with Crippen molar-refractivity contribution in [2.45, 2.75) is 20.5 Å². The van der Waals surface area contributed by atoms with E-state index in [1.807, 2.05) is 38.1 Å². The van der Waals surface area contributed by atoms with Crippen molar-refractivity contribution in [1.29, 1.82) is 0 Å². The van der Waals surface area contributed by atoms with Gasteiger partial charge in [0.25, 0.3) is 5.91 Å². The first-order valence-electron chi connectivity index (χ1n) is 10.6. The number of ether oxygens (including phenoxy) is 4. The van der Waals surface area contributed by atoms with Gasteiger partial charge in [0.1, 0.15) is 6.61 Å². The summed E-state index contributed by atoms with van der Waals surface area (Å²) in [6, 6.07) is 16.9. The molecule has 7 nitrogen and oxygen atoms in total. The first-order valence-corrected chi connectivity index (χ1v) is 11.7. The summed E-state index contributed by atoms with van der Waals surface area (Å²) in [5.74, 6) is 1.95. The van der Waals surface area contributed by atoms with Gasteiger partial charge in [-0.2, -0.15) is 5.10 Å². The van der Waals surface area contributed by atoms with Crippen LogP contribution >= 0.6 is 22.6 Å². The molecule has 0 saturated heterocycles. The first-order chi connectivity index (χ1) is 16.4. The molecule has 3 rings (SSSR count). The molecule has 34 heavy (non-hydrogen) atoms. The van der Waals surface area contributed by atoms with Gasteiger partial charge in [-0.05, 0) is 77.9 Å². The smallest absolute Gasteiger partial charge is 0.271 e. The molecule has 178 valence electrons. The molecule has 0 aliphatic carbocycles. The van der Waals surface area contributed by atoms with Crippen LogP contribution in [-0.4, -0.2) is 32.9 Å². The van der Waals surface area contributed by atoms with Gasteiger partial charge in [0.15, 0.2) is 23.0 Å². The van der Waals surface area contributed by atoms with E-state index < -0.39 is 0 Å². The summed E-state index contributed by atoms with van der Waals surface area (Å²) < 4.78 is 23.2. The number of aryl methyl sites for hydroxylation is 1. The van der Waals surface area contributed by atoms with Crippen molar-refractivity contribution >= 4 is 34.7 Å². The Bertz CT molecular complexity index is 1160. The van der Waals surface area contributed by atoms with Crippen LogP contribution in [0.5, 0.6) is 23.0 Å². The van der Waals surface area contributed by atoms with Gasteiger partial charge < -0.3 is 18.9 Å². The average molecular weight is 574 g/mol. The lowest BCUT2D eigenvalue weighted by Crippen LogP contribution is -2.17. The molecule has 3 aromatic rings. The molecule has 0 aromatic heterocycles. The van der Waals surface area contributed by atoms with E-state index in [4.69, 9.17) is 18.9 Å². The Hall–Kier alpha value is -3.27. The van der Waals surface area contributed by atoms with Gasteiger partial charge in [-0.3, -0.25) is 4.79 Å². The highest BCUT2D eigenvalue weighted by atomic mass is 127. The van der Waals surface area contributed by atoms with Crippen molar-refractivity contribution in [2.24, 2.45) is 5.10 Å². The second kappa shape index (κ2) is 12.3. The second-order valence-corrected chi connectivity index (χ2v) is 8.47. The van der Waals surface area contributed by atoms with Crippen LogP contribution in [0.25, 0.3) is 0 Å². The maximum atomic E-state index is 12.5. The summed E-state index contributed by atoms with van der Waals surface area (Å²) >= 11 is 2.20. The number of benzene rings is 3. The topological polar surface area (TPSA) is 78.4 Å². The van der Waals surface area contributed by atoms with E-state index in [2.05, 4.69) is 45.3 Å². The number of halogens is 1. The Balaban J connectivity index is 1.68. The molecule has 0 heterocycles. The van der Waals surface area contributed by atoms with Crippen molar-refractivity contribution in [3.63, 3.8) is 0 Å². The highest BCUT2D eigenvalue weighted by Crippen LogP contribution is 2.34. The number of carbonyl (C=O) groups is 1. The summed E-state index contributed by atoms with van der Waals surface area (Å²) in [5, 5.41) is 4.08. The fourth-order valence-electron chi connectivity index (χ4n) is 3.11. The van der Waals surface area contributed by atoms with Crippen molar-refractivity contribution in [3.8, 4) is 23.0 Å². The molecule has 0 aliphatic heterocycles. The molecule has 0 radical (unpaired) electrons. The predicted molar refractivity (Wildman–Crippen MR) is 140 cm³/mol. The largest absolute Gasteiger partial charge is 0.493 e. The fraction of sp³-hybridized carbons (Fsp3) is 0.231. The van der Waals surface area contributed by atoms with Crippen LogP contribution in [0.3, 0.4) is 0 Å². The van der Waals surface area contributed by atoms with Crippen molar-refractivity contribution in [3.05, 3.63) is 80.4 Å². The van der Waals surface area contributed by atoms with Crippen molar-refractivity contribution in [2.75, 3.05) is 20.8 Å². The van der Waals surface area contributed by atoms with E-state index in [-0.39, 0.29) is 5.91 Å². The molecule has 0 bridgehead atoms. The Kier molecular flexibility index (Phi) is 9.15. The van der Waals surface area contributed by atoms with E-state index in [0.717, 1.165) is 14.7 Å². The zero-order valence-electron chi connectivity index (χ0n) is 19.6. The summed E-state index contributed by atoms with van der Waals surface area (Å²) in [4.78, 5) is 12.5. The Morgan fingerprint density at radius 2 is 1.71 bits per heavy atom. The summed E-state index contributed by atoms with van der Waals surface area (Å²) in [7, 11) is 3.12. The molecule has 0 fully saturated rings. The van der Waals surface area contributed by atoms with Crippen molar-refractivity contribution in [1.82, 2.24) is 5.43 Å². The zero-order chi connectivity index (χ0) is 24.5. The third kappa shape index (κ3) is 6.63. The number of rotatable bonds is 10. The SMILES string of the molecule is CCOc1ccc(C(=O)N/N=C/c2cc(I)c(OCc3ccc(C)cc3)c(OC)c2)cc1OC. The zero-order valence-corrected chi connectivity index (χ0v) is 21.7. The van der Waals surface area contributed by atoms with Gasteiger partial charge in [-0.25, -0.2) is 5.43 Å². The fourth-order valence-corrected chi connectivity index (χ4v) is 3.89. The first kappa shape index (κ1) is 25.4. The van der Waals surface area contributed by atoms with Gasteiger partial charge in [0, 0.05) is 5.56 Å². The molecule has 1 N–H and O–H groups in total. The van der Waals surface area contributed by atoms with Crippen LogP contribution in [0.15, 0.2) is 59.7 Å². The van der Waals surface area contributed by atoms with Crippen LogP contribution < -0.4 is 24.4 Å². The van der Waals surface area contributed by atoms with Gasteiger partial charge in [0.2, 0.25) is 0 Å². The molecule has 0 saturated carbocycles. The number of hydrogen-bond acceptors (Lipinski definition) is 6. The number of methoxy groups -OCH3 is 2. The third-order valence-electron chi connectivity index (χ3n) is 4.86. The lowest BCUT2D eigenvalue weighted by molar-refractivity contribution is 0.0954. The minimum atomic E-state index is -0.364. The quantitative estimate of drug-likeness (QED) is 0.201. The van der Waals surface area contributed by atoms with Gasteiger partial charge in [-0.1, -0.05) is 29.8 Å². The molecule has 0 spiro atoms. The Morgan fingerprint density at radius 3 is 2.38 bits per heavy atom. The van der Waals surface area contributed by atoms with E-state index >= 15 is 0 Å². The minimum Gasteiger partial charge on any atom is -0.493 e. The molecular weight excluding hydrogens is 547 g/mol. The Morgan fingerprint density at radius 1 is 0.971 bits per heavy atom. The number of carbonyl (C=O) groups excluding carboxylic acids is 1. The minimum absolute atomic E-state index is 0.364. The molecule has 1 amide bonds. The van der Waals surface area contributed by atoms with Crippen LogP contribution in [0.1, 0.15) is 34.0 Å². The molecule has 0 atom stereocenters. The van der Waals surface area contributed by atoms with E-state index in [9.17, 15) is 4.79 Å². The number of hydrazone groups is 1. The van der Waals surface area contributed by atoms with Gasteiger partial charge in [0.05, 0.1) is 30.6 Å². The highest BCUT2D eigenvalue weighted by Gasteiger charge is 2.13. The molecular formula is C26H27IN2O5. The maximum Gasteiger partial charge on any atom is 0.271 e. The van der Waals surface area contributed by atoms with Crippen LogP contribution in [0, 0.1) is 10.5 Å². The van der Waals surface area contributed by atoms with Gasteiger partial charge in [-0.15, -0.1) is 0 Å². The molecule has 8 heteroatoms. The number of nitrogens with one attached hydrogen (secondary N) is 1. The summed E-state index contributed by atoms with van der Waals surface area (Å²) in [5.41, 5.74) is 5.97. The lowest BCUT2D eigenvalue weighted by Gasteiger charge is -2.13. The Labute approximate surface area is 213 Å². The summed E-state index contributed by atoms with van der Waals surface area (Å²) in [6.07, 6.45) is 1.55. The molecule has 3 aromatic carbocycles. The number of amides is 1. The van der Waals surface area contributed by atoms with Crippen LogP contribution in [-0.2, 0) is 6.61 Å². The lowest BCUT2D eigenvalue weighted by atomic mass is 10.2. The van der Waals surface area contributed by atoms with Crippen LogP contribution in [0.4, 0.5) is 0 Å². The normalized spacial score (nSPS) is 10.7. The standard InChI is InChI=1S/C26H27IN2O5/c1-5-33-22-11-10-20(14-23(22)31-3)26(30)29-28-15-19-12-21(27)25(24(13-19)32-4)34-16-18-8-6-17(2)7-9-18/h6-15H,5,16H2,1-4H3,(H,29,30)/b28-15+. The maximum absolute atomic E-state index is 12.5. The van der Waals surface area contributed by atoms with E-state index in [0.29, 0.717) is 41.8 Å². The van der Waals surface area contributed by atoms with Gasteiger partial charge >= 0.3 is 0 Å². The van der Waals surface area contributed by atoms with Crippen LogP contribution in [0.2, 0.25) is 0 Å².